The Morgan fingerprint density at radius 2 is 1.90 bits per heavy atom. The van der Waals surface area contributed by atoms with Gasteiger partial charge in [0, 0.05) is 5.92 Å². The average molecular weight is 275 g/mol. The zero-order valence-electron chi connectivity index (χ0n) is 12.6. The van der Waals surface area contributed by atoms with Crippen molar-refractivity contribution in [3.05, 3.63) is 11.4 Å². The molecule has 2 aliphatic rings. The summed E-state index contributed by atoms with van der Waals surface area (Å²) in [7, 11) is 0. The summed E-state index contributed by atoms with van der Waals surface area (Å²) in [4.78, 5) is 9.06. The molecule has 0 spiro atoms. The van der Waals surface area contributed by atoms with Crippen LogP contribution in [0.2, 0.25) is 0 Å². The number of nitrogens with two attached hydrogens (primary N) is 1. The lowest BCUT2D eigenvalue weighted by Crippen LogP contribution is -2.30. The van der Waals surface area contributed by atoms with E-state index in [-0.39, 0.29) is 0 Å². The minimum atomic E-state index is 0.300. The van der Waals surface area contributed by atoms with Crippen molar-refractivity contribution < 1.29 is 4.74 Å². The average Bonchev–Trinajstić information content (AvgIpc) is 3.28. The van der Waals surface area contributed by atoms with Gasteiger partial charge in [-0.05, 0) is 51.4 Å². The van der Waals surface area contributed by atoms with Crippen molar-refractivity contribution in [3.63, 3.8) is 0 Å². The van der Waals surface area contributed by atoms with Crippen molar-refractivity contribution >= 4 is 5.82 Å². The van der Waals surface area contributed by atoms with E-state index in [2.05, 4.69) is 16.9 Å². The summed E-state index contributed by atoms with van der Waals surface area (Å²) < 4.78 is 6.26. The van der Waals surface area contributed by atoms with Gasteiger partial charge in [-0.3, -0.25) is 0 Å². The third-order valence-electron chi connectivity index (χ3n) is 4.73. The van der Waals surface area contributed by atoms with Gasteiger partial charge in [-0.15, -0.1) is 0 Å². The van der Waals surface area contributed by atoms with E-state index in [0.29, 0.717) is 23.8 Å². The summed E-state index contributed by atoms with van der Waals surface area (Å²) in [6.45, 7) is 4.22. The highest BCUT2D eigenvalue weighted by atomic mass is 16.5. The summed E-state index contributed by atoms with van der Waals surface area (Å²) in [6.07, 6.45) is 8.85. The van der Waals surface area contributed by atoms with Crippen molar-refractivity contribution in [1.82, 2.24) is 9.97 Å². The Labute approximate surface area is 121 Å². The Morgan fingerprint density at radius 3 is 2.60 bits per heavy atom. The Hall–Kier alpha value is -1.32. The molecule has 0 aromatic carbocycles. The maximum atomic E-state index is 6.26. The van der Waals surface area contributed by atoms with Gasteiger partial charge in [-0.2, -0.15) is 4.98 Å². The zero-order valence-corrected chi connectivity index (χ0v) is 12.6. The van der Waals surface area contributed by atoms with Gasteiger partial charge in [0.25, 0.3) is 0 Å². The topological polar surface area (TPSA) is 61.0 Å². The van der Waals surface area contributed by atoms with Crippen molar-refractivity contribution in [3.8, 4) is 5.88 Å². The molecular formula is C16H25N3O. The number of hydrogen-bond acceptors (Lipinski definition) is 4. The number of aromatic nitrogens is 2. The second-order valence-corrected chi connectivity index (χ2v) is 6.28. The van der Waals surface area contributed by atoms with Gasteiger partial charge in [-0.25, -0.2) is 4.98 Å². The van der Waals surface area contributed by atoms with Crippen molar-refractivity contribution in [2.75, 3.05) is 5.73 Å². The Bertz CT molecular complexity index is 485. The molecular weight excluding hydrogens is 250 g/mol. The zero-order chi connectivity index (χ0) is 14.1. The van der Waals surface area contributed by atoms with Crippen LogP contribution in [0.15, 0.2) is 0 Å². The van der Waals surface area contributed by atoms with Crippen LogP contribution in [0.5, 0.6) is 5.88 Å². The number of ether oxygens (including phenoxy) is 1. The Balaban J connectivity index is 1.81. The van der Waals surface area contributed by atoms with Gasteiger partial charge in [0.15, 0.2) is 0 Å². The van der Waals surface area contributed by atoms with E-state index in [1.165, 1.54) is 38.5 Å². The largest absolute Gasteiger partial charge is 0.474 e. The van der Waals surface area contributed by atoms with E-state index < -0.39 is 0 Å². The van der Waals surface area contributed by atoms with Crippen LogP contribution in [0.4, 0.5) is 5.82 Å². The molecule has 1 heterocycles. The van der Waals surface area contributed by atoms with Crippen LogP contribution in [-0.2, 0) is 0 Å². The second-order valence-electron chi connectivity index (χ2n) is 6.28. The van der Waals surface area contributed by atoms with Crippen LogP contribution in [0, 0.1) is 12.8 Å². The summed E-state index contributed by atoms with van der Waals surface area (Å²) in [5.41, 5.74) is 6.93. The normalized spacial score (nSPS) is 26.5. The van der Waals surface area contributed by atoms with E-state index in [4.69, 9.17) is 10.5 Å². The molecule has 2 unspecified atom stereocenters. The molecule has 2 atom stereocenters. The van der Waals surface area contributed by atoms with Crippen molar-refractivity contribution in [1.29, 1.82) is 0 Å². The molecule has 2 N–H and O–H groups in total. The maximum Gasteiger partial charge on any atom is 0.222 e. The molecule has 2 aliphatic carbocycles. The predicted molar refractivity (Wildman–Crippen MR) is 79.8 cm³/mol. The fourth-order valence-electron chi connectivity index (χ4n) is 3.11. The molecule has 1 aromatic rings. The van der Waals surface area contributed by atoms with E-state index in [9.17, 15) is 0 Å². The van der Waals surface area contributed by atoms with Gasteiger partial charge in [-0.1, -0.05) is 13.3 Å². The number of nitrogen functional groups attached to an aromatic ring is 1. The van der Waals surface area contributed by atoms with Crippen LogP contribution >= 0.6 is 0 Å². The fourth-order valence-corrected chi connectivity index (χ4v) is 3.11. The first-order valence-electron chi connectivity index (χ1n) is 7.99. The molecule has 0 bridgehead atoms. The predicted octanol–water partition coefficient (Wildman–Crippen LogP) is 3.59. The third-order valence-corrected chi connectivity index (χ3v) is 4.73. The molecule has 4 heteroatoms. The fraction of sp³-hybridized carbons (Fsp3) is 0.750. The van der Waals surface area contributed by atoms with Crippen LogP contribution in [0.3, 0.4) is 0 Å². The molecule has 2 fully saturated rings. The van der Waals surface area contributed by atoms with Gasteiger partial charge in [0.05, 0.1) is 5.56 Å². The minimum Gasteiger partial charge on any atom is -0.474 e. The minimum absolute atomic E-state index is 0.300. The molecule has 1 aromatic heterocycles. The lowest BCUT2D eigenvalue weighted by molar-refractivity contribution is 0.0848. The summed E-state index contributed by atoms with van der Waals surface area (Å²) in [5, 5.41) is 0. The smallest absolute Gasteiger partial charge is 0.222 e. The van der Waals surface area contributed by atoms with E-state index >= 15 is 0 Å². The summed E-state index contributed by atoms with van der Waals surface area (Å²) >= 11 is 0. The van der Waals surface area contributed by atoms with Gasteiger partial charge >= 0.3 is 0 Å². The highest BCUT2D eigenvalue weighted by molar-refractivity contribution is 5.45. The SMILES string of the molecule is CCC1CCCCC1Oc1nc(C2CC2)nc(N)c1C. The van der Waals surface area contributed by atoms with E-state index in [1.807, 2.05) is 6.92 Å². The van der Waals surface area contributed by atoms with Crippen molar-refractivity contribution in [2.24, 2.45) is 5.92 Å². The number of rotatable bonds is 4. The first kappa shape index (κ1) is 13.7. The molecule has 2 saturated carbocycles. The molecule has 3 rings (SSSR count). The molecule has 0 saturated heterocycles. The lowest BCUT2D eigenvalue weighted by atomic mass is 9.85. The maximum absolute atomic E-state index is 6.26. The summed E-state index contributed by atoms with van der Waals surface area (Å²) in [6, 6.07) is 0. The highest BCUT2D eigenvalue weighted by Gasteiger charge is 2.30. The standard InChI is InChI=1S/C16H25N3O/c1-3-11-6-4-5-7-13(11)20-16-10(2)14(17)18-15(19-16)12-8-9-12/h11-13H,3-9H2,1-2H3,(H2,17,18,19). The molecule has 4 nitrogen and oxygen atoms in total. The molecule has 0 aliphatic heterocycles. The lowest BCUT2D eigenvalue weighted by Gasteiger charge is -2.31. The summed E-state index contributed by atoms with van der Waals surface area (Å²) in [5.74, 6) is 3.36. The number of hydrogen-bond donors (Lipinski definition) is 1. The quantitative estimate of drug-likeness (QED) is 0.912. The van der Waals surface area contributed by atoms with Crippen molar-refractivity contribution in [2.45, 2.75) is 70.8 Å². The number of anilines is 1. The van der Waals surface area contributed by atoms with Crippen LogP contribution < -0.4 is 10.5 Å². The van der Waals surface area contributed by atoms with E-state index in [1.54, 1.807) is 0 Å². The van der Waals surface area contributed by atoms with Crippen LogP contribution in [-0.4, -0.2) is 16.1 Å². The third kappa shape index (κ3) is 2.74. The van der Waals surface area contributed by atoms with Gasteiger partial charge in [0.2, 0.25) is 5.88 Å². The number of nitrogens with zero attached hydrogens (tertiary/aromatic N) is 2. The van der Waals surface area contributed by atoms with Gasteiger partial charge in [0.1, 0.15) is 17.7 Å². The molecule has 0 amide bonds. The second kappa shape index (κ2) is 5.58. The monoisotopic (exact) mass is 275 g/mol. The molecule has 110 valence electrons. The van der Waals surface area contributed by atoms with Gasteiger partial charge < -0.3 is 10.5 Å². The molecule has 0 radical (unpaired) electrons. The van der Waals surface area contributed by atoms with Crippen LogP contribution in [0.1, 0.15) is 69.2 Å². The highest BCUT2D eigenvalue weighted by Crippen LogP contribution is 2.40. The first-order valence-corrected chi connectivity index (χ1v) is 7.99. The molecule has 20 heavy (non-hydrogen) atoms. The van der Waals surface area contributed by atoms with Crippen LogP contribution in [0.25, 0.3) is 0 Å². The Kier molecular flexibility index (Phi) is 3.81. The first-order chi connectivity index (χ1) is 9.69. The Morgan fingerprint density at radius 1 is 1.15 bits per heavy atom. The van der Waals surface area contributed by atoms with E-state index in [0.717, 1.165) is 23.7 Å².